The van der Waals surface area contributed by atoms with Crippen molar-refractivity contribution in [1.29, 1.82) is 0 Å². The van der Waals surface area contributed by atoms with E-state index in [4.69, 9.17) is 9.84 Å². The molecule has 0 radical (unpaired) electrons. The van der Waals surface area contributed by atoms with Crippen molar-refractivity contribution in [3.63, 3.8) is 0 Å². The molecule has 0 aromatic carbocycles. The predicted octanol–water partition coefficient (Wildman–Crippen LogP) is 1.05. The number of rotatable bonds is 3. The Hall–Kier alpha value is -1.13. The van der Waals surface area contributed by atoms with Crippen LogP contribution in [0.4, 0.5) is 0 Å². The Morgan fingerprint density at radius 2 is 2.47 bits per heavy atom. The summed E-state index contributed by atoms with van der Waals surface area (Å²) in [4.78, 5) is 4.11. The van der Waals surface area contributed by atoms with Crippen LogP contribution in [0.3, 0.4) is 0 Å². The number of hydrogen-bond acceptors (Lipinski definition) is 4. The number of pyridine rings is 1. The van der Waals surface area contributed by atoms with E-state index in [2.05, 4.69) is 17.2 Å². The van der Waals surface area contributed by atoms with Gasteiger partial charge >= 0.3 is 0 Å². The van der Waals surface area contributed by atoms with Gasteiger partial charge in [0.2, 0.25) is 0 Å². The van der Waals surface area contributed by atoms with Gasteiger partial charge in [-0.05, 0) is 25.5 Å². The van der Waals surface area contributed by atoms with E-state index in [0.29, 0.717) is 6.04 Å². The molecule has 2 N–H and O–H groups in total. The van der Waals surface area contributed by atoms with Crippen molar-refractivity contribution in [2.75, 3.05) is 6.61 Å². The lowest BCUT2D eigenvalue weighted by Crippen LogP contribution is -2.34. The summed E-state index contributed by atoms with van der Waals surface area (Å²) in [6.45, 7) is 3.63. The van der Waals surface area contributed by atoms with Crippen LogP contribution >= 0.6 is 0 Å². The van der Waals surface area contributed by atoms with Gasteiger partial charge in [-0.3, -0.25) is 4.98 Å². The molecule has 0 aliphatic carbocycles. The lowest BCUT2D eigenvalue weighted by Gasteiger charge is -2.15. The molecule has 82 valence electrons. The predicted molar refractivity (Wildman–Crippen MR) is 56.6 cm³/mol. The summed E-state index contributed by atoms with van der Waals surface area (Å²) in [6.07, 6.45) is 2.80. The largest absolute Gasteiger partial charge is 0.506 e. The average molecular weight is 208 g/mol. The summed E-state index contributed by atoms with van der Waals surface area (Å²) < 4.78 is 5.45. The molecule has 0 bridgehead atoms. The van der Waals surface area contributed by atoms with E-state index in [1.54, 1.807) is 6.07 Å². The SMILES string of the molecule is CC1OCCC1NCc1ccc(O)cn1. The van der Waals surface area contributed by atoms with Gasteiger partial charge in [-0.1, -0.05) is 0 Å². The first-order chi connectivity index (χ1) is 7.25. The van der Waals surface area contributed by atoms with Crippen LogP contribution < -0.4 is 5.32 Å². The third-order valence-corrected chi connectivity index (χ3v) is 2.73. The number of aromatic nitrogens is 1. The summed E-state index contributed by atoms with van der Waals surface area (Å²) >= 11 is 0. The maximum absolute atomic E-state index is 9.08. The molecule has 1 aliphatic heterocycles. The zero-order valence-electron chi connectivity index (χ0n) is 8.81. The highest BCUT2D eigenvalue weighted by molar-refractivity contribution is 5.17. The second-order valence-corrected chi connectivity index (χ2v) is 3.86. The van der Waals surface area contributed by atoms with Gasteiger partial charge < -0.3 is 15.2 Å². The molecule has 2 unspecified atom stereocenters. The minimum absolute atomic E-state index is 0.205. The van der Waals surface area contributed by atoms with Crippen molar-refractivity contribution in [2.45, 2.75) is 32.0 Å². The van der Waals surface area contributed by atoms with Gasteiger partial charge in [-0.15, -0.1) is 0 Å². The summed E-state index contributed by atoms with van der Waals surface area (Å²) in [5.74, 6) is 0.205. The van der Waals surface area contributed by atoms with Crippen molar-refractivity contribution in [3.8, 4) is 5.75 Å². The molecule has 2 rings (SSSR count). The number of hydrogen-bond donors (Lipinski definition) is 2. The Balaban J connectivity index is 1.85. The van der Waals surface area contributed by atoms with Crippen LogP contribution in [0.5, 0.6) is 5.75 Å². The molecule has 15 heavy (non-hydrogen) atoms. The Morgan fingerprint density at radius 3 is 3.07 bits per heavy atom. The quantitative estimate of drug-likeness (QED) is 0.779. The van der Waals surface area contributed by atoms with Gasteiger partial charge in [0, 0.05) is 19.2 Å². The number of aromatic hydroxyl groups is 1. The lowest BCUT2D eigenvalue weighted by molar-refractivity contribution is 0.113. The van der Waals surface area contributed by atoms with E-state index in [1.807, 2.05) is 6.07 Å². The number of ether oxygens (including phenoxy) is 1. The van der Waals surface area contributed by atoms with Crippen LogP contribution in [0.1, 0.15) is 19.0 Å². The Labute approximate surface area is 89.3 Å². The smallest absolute Gasteiger partial charge is 0.133 e. The third kappa shape index (κ3) is 2.67. The van der Waals surface area contributed by atoms with Gasteiger partial charge in [0.25, 0.3) is 0 Å². The molecule has 4 heteroatoms. The van der Waals surface area contributed by atoms with Crippen molar-refractivity contribution in [1.82, 2.24) is 10.3 Å². The second-order valence-electron chi connectivity index (χ2n) is 3.86. The van der Waals surface area contributed by atoms with E-state index in [-0.39, 0.29) is 11.9 Å². The van der Waals surface area contributed by atoms with Gasteiger partial charge in [0.15, 0.2) is 0 Å². The van der Waals surface area contributed by atoms with E-state index >= 15 is 0 Å². The van der Waals surface area contributed by atoms with E-state index < -0.39 is 0 Å². The monoisotopic (exact) mass is 208 g/mol. The summed E-state index contributed by atoms with van der Waals surface area (Å²) in [6, 6.07) is 3.89. The fourth-order valence-electron chi connectivity index (χ4n) is 1.76. The van der Waals surface area contributed by atoms with E-state index in [1.165, 1.54) is 6.20 Å². The molecule has 1 aliphatic rings. The van der Waals surface area contributed by atoms with Crippen LogP contribution in [-0.4, -0.2) is 28.8 Å². The molecule has 1 saturated heterocycles. The first-order valence-corrected chi connectivity index (χ1v) is 5.24. The molecular formula is C11H16N2O2. The zero-order valence-corrected chi connectivity index (χ0v) is 8.81. The van der Waals surface area contributed by atoms with Crippen LogP contribution in [-0.2, 0) is 11.3 Å². The van der Waals surface area contributed by atoms with Crippen LogP contribution in [0, 0.1) is 0 Å². The molecule has 0 spiro atoms. The fraction of sp³-hybridized carbons (Fsp3) is 0.545. The van der Waals surface area contributed by atoms with Crippen molar-refractivity contribution >= 4 is 0 Å². The van der Waals surface area contributed by atoms with Crippen molar-refractivity contribution < 1.29 is 9.84 Å². The molecule has 0 amide bonds. The molecule has 0 saturated carbocycles. The Kier molecular flexibility index (Phi) is 3.18. The van der Waals surface area contributed by atoms with Gasteiger partial charge in [0.05, 0.1) is 18.0 Å². The van der Waals surface area contributed by atoms with Gasteiger partial charge in [-0.2, -0.15) is 0 Å². The maximum atomic E-state index is 9.08. The normalized spacial score (nSPS) is 25.7. The molecular weight excluding hydrogens is 192 g/mol. The highest BCUT2D eigenvalue weighted by atomic mass is 16.5. The molecule has 1 aromatic heterocycles. The third-order valence-electron chi connectivity index (χ3n) is 2.73. The van der Waals surface area contributed by atoms with E-state index in [9.17, 15) is 0 Å². The molecule has 1 fully saturated rings. The summed E-state index contributed by atoms with van der Waals surface area (Å²) in [7, 11) is 0. The summed E-state index contributed by atoms with van der Waals surface area (Å²) in [5.41, 5.74) is 0.937. The molecule has 1 aromatic rings. The van der Waals surface area contributed by atoms with Gasteiger partial charge in [0.1, 0.15) is 5.75 Å². The topological polar surface area (TPSA) is 54.4 Å². The highest BCUT2D eigenvalue weighted by Gasteiger charge is 2.23. The van der Waals surface area contributed by atoms with Crippen molar-refractivity contribution in [2.24, 2.45) is 0 Å². The number of nitrogens with one attached hydrogen (secondary N) is 1. The average Bonchev–Trinajstić information content (AvgIpc) is 2.63. The zero-order chi connectivity index (χ0) is 10.7. The van der Waals surface area contributed by atoms with E-state index in [0.717, 1.165) is 25.3 Å². The van der Waals surface area contributed by atoms with Crippen molar-refractivity contribution in [3.05, 3.63) is 24.0 Å². The first kappa shape index (κ1) is 10.4. The van der Waals surface area contributed by atoms with Gasteiger partial charge in [-0.25, -0.2) is 0 Å². The van der Waals surface area contributed by atoms with Crippen LogP contribution in [0.25, 0.3) is 0 Å². The number of nitrogens with zero attached hydrogens (tertiary/aromatic N) is 1. The first-order valence-electron chi connectivity index (χ1n) is 5.24. The molecule has 2 heterocycles. The maximum Gasteiger partial charge on any atom is 0.133 e. The minimum Gasteiger partial charge on any atom is -0.506 e. The Morgan fingerprint density at radius 1 is 1.60 bits per heavy atom. The molecule has 4 nitrogen and oxygen atoms in total. The fourth-order valence-corrected chi connectivity index (χ4v) is 1.76. The standard InChI is InChI=1S/C11H16N2O2/c1-8-11(4-5-15-8)13-6-9-2-3-10(14)7-12-9/h2-3,7-8,11,13-14H,4-6H2,1H3. The Bertz CT molecular complexity index is 313. The second kappa shape index (κ2) is 4.59. The lowest BCUT2D eigenvalue weighted by atomic mass is 10.1. The highest BCUT2D eigenvalue weighted by Crippen LogP contribution is 2.13. The van der Waals surface area contributed by atoms with Crippen LogP contribution in [0.2, 0.25) is 0 Å². The van der Waals surface area contributed by atoms with Crippen LogP contribution in [0.15, 0.2) is 18.3 Å². The summed E-state index contributed by atoms with van der Waals surface area (Å²) in [5, 5.41) is 12.5. The molecule has 2 atom stereocenters. The minimum atomic E-state index is 0.205.